The van der Waals surface area contributed by atoms with Gasteiger partial charge in [-0.05, 0) is 31.5 Å². The molecule has 0 N–H and O–H groups in total. The first-order valence-corrected chi connectivity index (χ1v) is 10.6. The first-order valence-electron chi connectivity index (χ1n) is 10.6. The van der Waals surface area contributed by atoms with Crippen molar-refractivity contribution in [1.29, 1.82) is 0 Å². The Morgan fingerprint density at radius 2 is 1.73 bits per heavy atom. The first kappa shape index (κ1) is 23.7. The average Bonchev–Trinajstić information content (AvgIpc) is 3.15. The minimum atomic E-state index is -0.162. The summed E-state index contributed by atoms with van der Waals surface area (Å²) in [5.74, 6) is -0.246. The van der Waals surface area contributed by atoms with Crippen LogP contribution in [0.5, 0.6) is 0 Å². The molecule has 0 radical (unpaired) electrons. The molecule has 2 aromatic rings. The fourth-order valence-corrected chi connectivity index (χ4v) is 3.35. The Bertz CT molecular complexity index is 799. The molecule has 6 nitrogen and oxygen atoms in total. The molecule has 0 bridgehead atoms. The highest BCUT2D eigenvalue weighted by Gasteiger charge is 2.25. The van der Waals surface area contributed by atoms with E-state index < -0.39 is 0 Å². The van der Waals surface area contributed by atoms with E-state index in [2.05, 4.69) is 16.7 Å². The molecule has 6 heteroatoms. The van der Waals surface area contributed by atoms with Crippen LogP contribution in [0, 0.1) is 5.92 Å². The lowest BCUT2D eigenvalue weighted by Gasteiger charge is -2.31. The van der Waals surface area contributed by atoms with Gasteiger partial charge in [0, 0.05) is 44.0 Å². The molecule has 1 aromatic heterocycles. The van der Waals surface area contributed by atoms with Crippen LogP contribution in [0.3, 0.4) is 0 Å². The van der Waals surface area contributed by atoms with Gasteiger partial charge in [0.1, 0.15) is 0 Å². The summed E-state index contributed by atoms with van der Waals surface area (Å²) in [5, 5.41) is 0. The third-order valence-corrected chi connectivity index (χ3v) is 5.09. The highest BCUT2D eigenvalue weighted by molar-refractivity contribution is 5.85. The third kappa shape index (κ3) is 6.73. The van der Waals surface area contributed by atoms with Crippen LogP contribution >= 0.6 is 0 Å². The van der Waals surface area contributed by atoms with Crippen molar-refractivity contribution in [2.45, 2.75) is 46.8 Å². The minimum Gasteiger partial charge on any atom is -0.383 e. The molecular weight excluding hydrogens is 378 g/mol. The zero-order chi connectivity index (χ0) is 22.1. The fraction of sp³-hybridized carbons (Fsp3) is 0.500. The number of carbonyl (C=O) groups excluding carboxylic acids is 2. The zero-order valence-electron chi connectivity index (χ0n) is 18.9. The zero-order valence-corrected chi connectivity index (χ0v) is 18.9. The van der Waals surface area contributed by atoms with Crippen molar-refractivity contribution in [3.8, 4) is 0 Å². The van der Waals surface area contributed by atoms with Crippen LogP contribution in [0.15, 0.2) is 48.7 Å². The predicted octanol–water partition coefficient (Wildman–Crippen LogP) is 3.40. The quantitative estimate of drug-likeness (QED) is 0.567. The molecule has 0 fully saturated rings. The van der Waals surface area contributed by atoms with Gasteiger partial charge in [0.15, 0.2) is 0 Å². The van der Waals surface area contributed by atoms with Crippen molar-refractivity contribution in [2.75, 3.05) is 26.8 Å². The van der Waals surface area contributed by atoms with Crippen LogP contribution < -0.4 is 0 Å². The van der Waals surface area contributed by atoms with Crippen molar-refractivity contribution in [1.82, 2.24) is 14.4 Å². The molecule has 0 spiro atoms. The Morgan fingerprint density at radius 1 is 1.03 bits per heavy atom. The van der Waals surface area contributed by atoms with Crippen molar-refractivity contribution in [3.63, 3.8) is 0 Å². The normalized spacial score (nSPS) is 11.2. The van der Waals surface area contributed by atoms with Gasteiger partial charge in [-0.25, -0.2) is 0 Å². The number of ether oxygens (including phenoxy) is 1. The van der Waals surface area contributed by atoms with Gasteiger partial charge in [0.2, 0.25) is 11.8 Å². The average molecular weight is 414 g/mol. The lowest BCUT2D eigenvalue weighted by atomic mass is 10.2. The van der Waals surface area contributed by atoms with E-state index >= 15 is 0 Å². The van der Waals surface area contributed by atoms with Gasteiger partial charge in [-0.3, -0.25) is 9.59 Å². The molecule has 0 aliphatic rings. The Hall–Kier alpha value is -2.60. The second kappa shape index (κ2) is 11.6. The summed E-state index contributed by atoms with van der Waals surface area (Å²) in [6, 6.07) is 14.3. The molecule has 164 valence electrons. The number of carbonyl (C=O) groups is 2. The summed E-state index contributed by atoms with van der Waals surface area (Å²) in [4.78, 5) is 29.2. The number of aromatic nitrogens is 1. The monoisotopic (exact) mass is 413 g/mol. The van der Waals surface area contributed by atoms with Crippen LogP contribution in [0.25, 0.3) is 0 Å². The molecule has 2 amide bonds. The number of methoxy groups -OCH3 is 1. The summed E-state index contributed by atoms with van der Waals surface area (Å²) >= 11 is 0. The van der Waals surface area contributed by atoms with Gasteiger partial charge in [0.05, 0.1) is 19.7 Å². The molecule has 0 saturated carbocycles. The Balaban J connectivity index is 2.12. The number of hydrogen-bond acceptors (Lipinski definition) is 3. The third-order valence-electron chi connectivity index (χ3n) is 5.09. The minimum absolute atomic E-state index is 0.0241. The summed E-state index contributed by atoms with van der Waals surface area (Å²) < 4.78 is 7.29. The smallest absolute Gasteiger partial charge is 0.242 e. The van der Waals surface area contributed by atoms with Crippen molar-refractivity contribution >= 4 is 11.8 Å². The number of rotatable bonds is 11. The maximum absolute atomic E-state index is 13.2. The molecule has 0 aliphatic carbocycles. The number of amides is 2. The van der Waals surface area contributed by atoms with E-state index in [1.54, 1.807) is 12.0 Å². The van der Waals surface area contributed by atoms with E-state index in [1.165, 1.54) is 5.56 Å². The molecule has 0 atom stereocenters. The predicted molar refractivity (Wildman–Crippen MR) is 119 cm³/mol. The second-order valence-electron chi connectivity index (χ2n) is 8.14. The van der Waals surface area contributed by atoms with Crippen molar-refractivity contribution < 1.29 is 14.3 Å². The van der Waals surface area contributed by atoms with Gasteiger partial charge in [-0.1, -0.05) is 44.2 Å². The summed E-state index contributed by atoms with van der Waals surface area (Å²) in [6.07, 6.45) is 2.04. The van der Waals surface area contributed by atoms with E-state index in [0.717, 1.165) is 12.2 Å². The summed E-state index contributed by atoms with van der Waals surface area (Å²) in [5.41, 5.74) is 2.28. The second-order valence-corrected chi connectivity index (χ2v) is 8.14. The fourth-order valence-electron chi connectivity index (χ4n) is 3.35. The van der Waals surface area contributed by atoms with E-state index in [0.29, 0.717) is 19.7 Å². The Kier molecular flexibility index (Phi) is 9.12. The van der Waals surface area contributed by atoms with Gasteiger partial charge in [-0.2, -0.15) is 0 Å². The van der Waals surface area contributed by atoms with Crippen LogP contribution in [0.4, 0.5) is 0 Å². The lowest BCUT2D eigenvalue weighted by molar-refractivity contribution is -0.144. The molecule has 30 heavy (non-hydrogen) atoms. The topological polar surface area (TPSA) is 54.8 Å². The molecule has 0 unspecified atom stereocenters. The molecular formula is C24H35N3O3. The summed E-state index contributed by atoms with van der Waals surface area (Å²) in [7, 11) is 1.60. The van der Waals surface area contributed by atoms with Crippen molar-refractivity contribution in [2.24, 2.45) is 5.92 Å². The van der Waals surface area contributed by atoms with Gasteiger partial charge in [0.25, 0.3) is 0 Å². The first-order chi connectivity index (χ1) is 14.3. The number of nitrogens with zero attached hydrogens (tertiary/aromatic N) is 3. The summed E-state index contributed by atoms with van der Waals surface area (Å²) in [6.45, 7) is 9.87. The highest BCUT2D eigenvalue weighted by atomic mass is 16.5. The molecule has 1 aromatic carbocycles. The molecule has 1 heterocycles. The molecule has 0 saturated heterocycles. The SMILES string of the molecule is COCCN(CC(=O)N(Cc1cccn1Cc1ccccc1)C(C)C)C(=O)C(C)C. The molecule has 0 aliphatic heterocycles. The maximum Gasteiger partial charge on any atom is 0.242 e. The molecule has 2 rings (SSSR count). The van der Waals surface area contributed by atoms with E-state index in [1.807, 2.05) is 69.1 Å². The highest BCUT2D eigenvalue weighted by Crippen LogP contribution is 2.14. The van der Waals surface area contributed by atoms with Crippen molar-refractivity contribution in [3.05, 3.63) is 59.9 Å². The maximum atomic E-state index is 13.2. The number of hydrogen-bond donors (Lipinski definition) is 0. The lowest BCUT2D eigenvalue weighted by Crippen LogP contribution is -2.47. The Morgan fingerprint density at radius 3 is 2.33 bits per heavy atom. The number of benzene rings is 1. The van der Waals surface area contributed by atoms with Gasteiger partial charge < -0.3 is 19.1 Å². The van der Waals surface area contributed by atoms with E-state index in [4.69, 9.17) is 4.74 Å². The van der Waals surface area contributed by atoms with Gasteiger partial charge >= 0.3 is 0 Å². The van der Waals surface area contributed by atoms with Crippen LogP contribution in [0.1, 0.15) is 39.0 Å². The largest absolute Gasteiger partial charge is 0.383 e. The van der Waals surface area contributed by atoms with E-state index in [9.17, 15) is 9.59 Å². The van der Waals surface area contributed by atoms with Crippen LogP contribution in [-0.4, -0.2) is 59.0 Å². The van der Waals surface area contributed by atoms with Crippen LogP contribution in [0.2, 0.25) is 0 Å². The van der Waals surface area contributed by atoms with E-state index in [-0.39, 0.29) is 30.3 Å². The Labute approximate surface area is 180 Å². The standard InChI is InChI=1S/C24H35N3O3/c1-19(2)24(29)26(14-15-30-5)18-23(28)27(20(3)4)17-22-12-9-13-25(22)16-21-10-7-6-8-11-21/h6-13,19-20H,14-18H2,1-5H3. The van der Waals surface area contributed by atoms with Gasteiger partial charge in [-0.15, -0.1) is 0 Å². The van der Waals surface area contributed by atoms with Crippen LogP contribution in [-0.2, 0) is 27.4 Å².